The molecule has 160 valence electrons. The van der Waals surface area contributed by atoms with Crippen LogP contribution in [0.5, 0.6) is 11.5 Å². The van der Waals surface area contributed by atoms with Crippen LogP contribution in [0.25, 0.3) is 0 Å². The van der Waals surface area contributed by atoms with Crippen molar-refractivity contribution < 1.29 is 41.0 Å². The van der Waals surface area contributed by atoms with E-state index in [1.807, 2.05) is 0 Å². The highest BCUT2D eigenvalue weighted by atomic mass is 19.2. The maximum atomic E-state index is 14.0. The summed E-state index contributed by atoms with van der Waals surface area (Å²) in [6.45, 7) is 0.173. The number of amides is 3. The van der Waals surface area contributed by atoms with Crippen LogP contribution in [0.15, 0.2) is 18.2 Å². The van der Waals surface area contributed by atoms with Crippen LogP contribution < -0.4 is 14.8 Å². The van der Waals surface area contributed by atoms with Gasteiger partial charge in [-0.15, -0.1) is 0 Å². The third kappa shape index (κ3) is 3.10. The molecule has 0 spiro atoms. The minimum absolute atomic E-state index is 0.247. The van der Waals surface area contributed by atoms with Gasteiger partial charge in [0.1, 0.15) is 5.54 Å². The van der Waals surface area contributed by atoms with E-state index in [9.17, 15) is 31.5 Å². The van der Waals surface area contributed by atoms with E-state index in [1.54, 1.807) is 0 Å². The second-order valence-electron chi connectivity index (χ2n) is 6.56. The molecule has 2 aromatic carbocycles. The molecule has 1 atom stereocenters. The molecule has 1 heterocycles. The van der Waals surface area contributed by atoms with E-state index in [0.29, 0.717) is 10.6 Å². The Kier molecular flexibility index (Phi) is 5.31. The smallest absolute Gasteiger partial charge is 0.325 e. The molecular weight excluding hydrogens is 415 g/mol. The zero-order chi connectivity index (χ0) is 22.4. The molecule has 1 N–H and O–H groups in total. The molecule has 30 heavy (non-hydrogen) atoms. The van der Waals surface area contributed by atoms with Crippen molar-refractivity contribution >= 4 is 11.9 Å². The number of nitrogens with zero attached hydrogens (tertiary/aromatic N) is 1. The average Bonchev–Trinajstić information content (AvgIpc) is 2.96. The van der Waals surface area contributed by atoms with Gasteiger partial charge in [-0.25, -0.2) is 26.7 Å². The Balaban J connectivity index is 2.00. The molecule has 2 aromatic rings. The Morgan fingerprint density at radius 1 is 0.900 bits per heavy atom. The molecule has 1 fully saturated rings. The fourth-order valence-corrected chi connectivity index (χ4v) is 3.13. The van der Waals surface area contributed by atoms with Gasteiger partial charge in [-0.3, -0.25) is 9.69 Å². The number of halogens is 5. The highest BCUT2D eigenvalue weighted by Gasteiger charge is 2.49. The molecule has 11 heteroatoms. The standard InChI is InChI=1S/C19H15F5N2O4/c1-19(8-4-5-10(29-2)11(6-8)30-3)17(27)26(18(28)25-19)7-9-12(20)14(22)16(24)15(23)13(9)21/h4-6H,7H2,1-3H3,(H,25,28)/t19-/m1/s1. The number of carbonyl (C=O) groups is 2. The molecule has 0 radical (unpaired) electrons. The first-order valence-electron chi connectivity index (χ1n) is 8.43. The lowest BCUT2D eigenvalue weighted by atomic mass is 9.91. The number of nitrogens with one attached hydrogen (secondary N) is 1. The van der Waals surface area contributed by atoms with Gasteiger partial charge in [0.15, 0.2) is 34.8 Å². The summed E-state index contributed by atoms with van der Waals surface area (Å²) in [7, 11) is 2.75. The van der Waals surface area contributed by atoms with E-state index < -0.39 is 58.7 Å². The normalized spacial score (nSPS) is 18.6. The third-order valence-electron chi connectivity index (χ3n) is 4.85. The van der Waals surface area contributed by atoms with Gasteiger partial charge in [0, 0.05) is 5.56 Å². The monoisotopic (exact) mass is 430 g/mol. The number of methoxy groups -OCH3 is 2. The Bertz CT molecular complexity index is 1030. The molecule has 1 aliphatic heterocycles. The van der Waals surface area contributed by atoms with Crippen molar-refractivity contribution in [2.24, 2.45) is 0 Å². The first-order valence-corrected chi connectivity index (χ1v) is 8.43. The number of ether oxygens (including phenoxy) is 2. The van der Waals surface area contributed by atoms with Crippen LogP contribution in [0.4, 0.5) is 26.7 Å². The molecule has 0 saturated carbocycles. The van der Waals surface area contributed by atoms with Crippen molar-refractivity contribution in [1.82, 2.24) is 10.2 Å². The van der Waals surface area contributed by atoms with Crippen molar-refractivity contribution in [3.63, 3.8) is 0 Å². The van der Waals surface area contributed by atoms with Crippen molar-refractivity contribution in [3.8, 4) is 11.5 Å². The van der Waals surface area contributed by atoms with Gasteiger partial charge in [-0.05, 0) is 24.6 Å². The second kappa shape index (κ2) is 7.47. The summed E-state index contributed by atoms with van der Waals surface area (Å²) in [6.07, 6.45) is 0. The average molecular weight is 430 g/mol. The van der Waals surface area contributed by atoms with E-state index in [1.165, 1.54) is 39.3 Å². The van der Waals surface area contributed by atoms with Crippen LogP contribution in [0.2, 0.25) is 0 Å². The van der Waals surface area contributed by atoms with Crippen LogP contribution in [-0.2, 0) is 16.9 Å². The molecule has 1 aliphatic rings. The Morgan fingerprint density at radius 3 is 1.97 bits per heavy atom. The molecule has 0 unspecified atom stereocenters. The summed E-state index contributed by atoms with van der Waals surface area (Å²) in [5.41, 5.74) is -2.73. The van der Waals surface area contributed by atoms with Gasteiger partial charge < -0.3 is 14.8 Å². The van der Waals surface area contributed by atoms with Gasteiger partial charge in [0.25, 0.3) is 5.91 Å². The SMILES string of the molecule is COc1ccc([C@@]2(C)NC(=O)N(Cc3c(F)c(F)c(F)c(F)c3F)C2=O)cc1OC. The summed E-state index contributed by atoms with van der Waals surface area (Å²) in [6, 6.07) is 3.28. The molecule has 1 saturated heterocycles. The predicted octanol–water partition coefficient (Wildman–Crippen LogP) is 3.37. The number of imide groups is 1. The lowest BCUT2D eigenvalue weighted by Gasteiger charge is -2.23. The Labute approximate surface area is 167 Å². The second-order valence-corrected chi connectivity index (χ2v) is 6.56. The summed E-state index contributed by atoms with van der Waals surface area (Å²) < 4.78 is 78.4. The number of rotatable bonds is 5. The zero-order valence-corrected chi connectivity index (χ0v) is 15.9. The number of carbonyl (C=O) groups excluding carboxylic acids is 2. The van der Waals surface area contributed by atoms with Crippen molar-refractivity contribution in [1.29, 1.82) is 0 Å². The van der Waals surface area contributed by atoms with E-state index in [0.717, 1.165) is 0 Å². The van der Waals surface area contributed by atoms with Crippen molar-refractivity contribution in [2.45, 2.75) is 19.0 Å². The molecule has 3 amide bonds. The molecule has 0 bridgehead atoms. The quantitative estimate of drug-likeness (QED) is 0.342. The lowest BCUT2D eigenvalue weighted by molar-refractivity contribution is -0.131. The first-order chi connectivity index (χ1) is 14.1. The van der Waals surface area contributed by atoms with Crippen LogP contribution in [0.1, 0.15) is 18.1 Å². The van der Waals surface area contributed by atoms with E-state index >= 15 is 0 Å². The van der Waals surface area contributed by atoms with E-state index in [4.69, 9.17) is 9.47 Å². The van der Waals surface area contributed by atoms with E-state index in [2.05, 4.69) is 5.32 Å². The predicted molar refractivity (Wildman–Crippen MR) is 92.2 cm³/mol. The number of benzene rings is 2. The lowest BCUT2D eigenvalue weighted by Crippen LogP contribution is -2.40. The number of hydrogen-bond donors (Lipinski definition) is 1. The van der Waals surface area contributed by atoms with Crippen LogP contribution >= 0.6 is 0 Å². The molecule has 0 aromatic heterocycles. The molecule has 0 aliphatic carbocycles. The topological polar surface area (TPSA) is 67.9 Å². The largest absolute Gasteiger partial charge is 0.493 e. The fraction of sp³-hybridized carbons (Fsp3) is 0.263. The maximum absolute atomic E-state index is 14.0. The summed E-state index contributed by atoms with van der Waals surface area (Å²) in [4.78, 5) is 25.6. The first kappa shape index (κ1) is 21.3. The van der Waals surface area contributed by atoms with Crippen LogP contribution in [0, 0.1) is 29.1 Å². The van der Waals surface area contributed by atoms with Crippen molar-refractivity contribution in [2.75, 3.05) is 14.2 Å². The van der Waals surface area contributed by atoms with Crippen LogP contribution in [-0.4, -0.2) is 31.1 Å². The summed E-state index contributed by atoms with van der Waals surface area (Å²) in [5, 5.41) is 2.37. The highest BCUT2D eigenvalue weighted by Crippen LogP contribution is 2.36. The van der Waals surface area contributed by atoms with Gasteiger partial charge in [0.05, 0.1) is 20.8 Å². The minimum atomic E-state index is -2.33. The summed E-state index contributed by atoms with van der Waals surface area (Å²) >= 11 is 0. The van der Waals surface area contributed by atoms with Crippen LogP contribution in [0.3, 0.4) is 0 Å². The van der Waals surface area contributed by atoms with E-state index in [-0.39, 0.29) is 11.3 Å². The number of urea groups is 1. The molecular formula is C19H15F5N2O4. The maximum Gasteiger partial charge on any atom is 0.325 e. The highest BCUT2D eigenvalue weighted by molar-refractivity contribution is 6.07. The van der Waals surface area contributed by atoms with Gasteiger partial charge in [-0.1, -0.05) is 6.07 Å². The van der Waals surface area contributed by atoms with Gasteiger partial charge in [0.2, 0.25) is 5.82 Å². The van der Waals surface area contributed by atoms with Crippen molar-refractivity contribution in [3.05, 3.63) is 58.4 Å². The van der Waals surface area contributed by atoms with Gasteiger partial charge >= 0.3 is 6.03 Å². The minimum Gasteiger partial charge on any atom is -0.493 e. The zero-order valence-electron chi connectivity index (χ0n) is 15.9. The number of hydrogen-bond acceptors (Lipinski definition) is 4. The van der Waals surface area contributed by atoms with Gasteiger partial charge in [-0.2, -0.15) is 0 Å². The fourth-order valence-electron chi connectivity index (χ4n) is 3.13. The third-order valence-corrected chi connectivity index (χ3v) is 4.85. The Hall–Kier alpha value is -3.37. The summed E-state index contributed by atoms with van der Waals surface area (Å²) in [5.74, 6) is -11.3. The molecule has 3 rings (SSSR count). The Morgan fingerprint density at radius 2 is 1.43 bits per heavy atom. The molecule has 6 nitrogen and oxygen atoms in total.